The van der Waals surface area contributed by atoms with Crippen molar-refractivity contribution in [2.75, 3.05) is 18.0 Å². The second kappa shape index (κ2) is 10.1. The van der Waals surface area contributed by atoms with E-state index in [1.54, 1.807) is 6.92 Å². The van der Waals surface area contributed by atoms with Crippen LogP contribution in [0.25, 0.3) is 0 Å². The number of hydrogen-bond donors (Lipinski definition) is 0. The summed E-state index contributed by atoms with van der Waals surface area (Å²) < 4.78 is 0. The lowest BCUT2D eigenvalue weighted by Gasteiger charge is -2.29. The Morgan fingerprint density at radius 1 is 0.821 bits per heavy atom. The third-order valence-corrected chi connectivity index (χ3v) is 5.38. The van der Waals surface area contributed by atoms with E-state index in [1.165, 1.54) is 0 Å². The van der Waals surface area contributed by atoms with Crippen LogP contribution in [0.3, 0.4) is 0 Å². The van der Waals surface area contributed by atoms with Gasteiger partial charge >= 0.3 is 0 Å². The predicted octanol–water partition coefficient (Wildman–Crippen LogP) is 4.57. The Balaban J connectivity index is 1.85. The molecule has 0 bridgehead atoms. The minimum absolute atomic E-state index is 0.0617. The Morgan fingerprint density at radius 2 is 1.46 bits per heavy atom. The summed E-state index contributed by atoms with van der Waals surface area (Å²) >= 11 is 0. The van der Waals surface area contributed by atoms with Gasteiger partial charge in [-0.2, -0.15) is 0 Å². The average Bonchev–Trinajstić information content (AvgIpc) is 2.69. The molecule has 4 nitrogen and oxygen atoms in total. The normalized spacial score (nSPS) is 15.9. The minimum atomic E-state index is 0.0617. The van der Waals surface area contributed by atoms with Crippen LogP contribution in [0.1, 0.15) is 50.2 Å². The van der Waals surface area contributed by atoms with Crippen LogP contribution in [0.15, 0.2) is 54.6 Å². The van der Waals surface area contributed by atoms with Gasteiger partial charge in [0.1, 0.15) is 0 Å². The highest BCUT2D eigenvalue weighted by Crippen LogP contribution is 2.24. The van der Waals surface area contributed by atoms with E-state index in [1.807, 2.05) is 64.4 Å². The molecule has 1 heterocycles. The topological polar surface area (TPSA) is 40.6 Å². The van der Waals surface area contributed by atoms with Crippen LogP contribution in [0.4, 0.5) is 5.69 Å². The second-order valence-electron chi connectivity index (χ2n) is 7.54. The van der Waals surface area contributed by atoms with Crippen LogP contribution >= 0.6 is 0 Å². The summed E-state index contributed by atoms with van der Waals surface area (Å²) in [6, 6.07) is 17.9. The lowest BCUT2D eigenvalue weighted by molar-refractivity contribution is -0.131. The molecule has 0 atom stereocenters. The molecule has 148 valence electrons. The number of para-hydroxylation sites is 1. The van der Waals surface area contributed by atoms with Crippen LogP contribution in [-0.2, 0) is 22.6 Å². The number of rotatable bonds is 2. The van der Waals surface area contributed by atoms with E-state index in [9.17, 15) is 9.59 Å². The van der Waals surface area contributed by atoms with Crippen molar-refractivity contribution >= 4 is 17.5 Å². The minimum Gasteiger partial charge on any atom is -0.338 e. The molecule has 3 rings (SSSR count). The van der Waals surface area contributed by atoms with Crippen molar-refractivity contribution in [3.05, 3.63) is 65.7 Å². The van der Waals surface area contributed by atoms with Gasteiger partial charge in [-0.15, -0.1) is 0 Å². The van der Waals surface area contributed by atoms with E-state index in [0.717, 1.165) is 62.0 Å². The van der Waals surface area contributed by atoms with Crippen molar-refractivity contribution < 1.29 is 9.59 Å². The molecule has 2 aromatic rings. The van der Waals surface area contributed by atoms with Crippen molar-refractivity contribution in [2.45, 2.75) is 52.0 Å². The summed E-state index contributed by atoms with van der Waals surface area (Å²) in [6.45, 7) is 3.68. The van der Waals surface area contributed by atoms with Crippen LogP contribution in [-0.4, -0.2) is 29.8 Å². The zero-order valence-corrected chi connectivity index (χ0v) is 16.8. The van der Waals surface area contributed by atoms with Gasteiger partial charge in [-0.1, -0.05) is 67.8 Å². The highest BCUT2D eigenvalue weighted by molar-refractivity contribution is 5.92. The molecule has 2 aromatic carbocycles. The Bertz CT molecular complexity index is 788. The molecule has 0 unspecified atom stereocenters. The number of fused-ring (bicyclic) bond motifs is 1. The highest BCUT2D eigenvalue weighted by atomic mass is 16.2. The monoisotopic (exact) mass is 378 g/mol. The average molecular weight is 379 g/mol. The summed E-state index contributed by atoms with van der Waals surface area (Å²) in [5.41, 5.74) is 3.02. The molecule has 0 spiro atoms. The second-order valence-corrected chi connectivity index (χ2v) is 7.54. The summed E-state index contributed by atoms with van der Waals surface area (Å²) in [5.74, 6) is 0.208. The molecule has 2 amide bonds. The van der Waals surface area contributed by atoms with E-state index in [4.69, 9.17) is 0 Å². The van der Waals surface area contributed by atoms with Gasteiger partial charge in [0.05, 0.1) is 6.42 Å². The molecule has 0 saturated heterocycles. The summed E-state index contributed by atoms with van der Waals surface area (Å²) in [5, 5.41) is 0. The number of carbonyl (C=O) groups excluding carboxylic acids is 2. The number of anilines is 1. The first-order valence-electron chi connectivity index (χ1n) is 10.3. The van der Waals surface area contributed by atoms with E-state index in [2.05, 4.69) is 0 Å². The Morgan fingerprint density at radius 3 is 2.21 bits per heavy atom. The van der Waals surface area contributed by atoms with Gasteiger partial charge in [0.25, 0.3) is 0 Å². The molecule has 1 aliphatic heterocycles. The SMILES string of the molecule is CC(=O)N1CCCCCCCN(C(=O)Cc2ccccc2)Cc2ccccc21. The highest BCUT2D eigenvalue weighted by Gasteiger charge is 2.20. The van der Waals surface area contributed by atoms with Crippen molar-refractivity contribution in [1.29, 1.82) is 0 Å². The zero-order valence-electron chi connectivity index (χ0n) is 16.8. The van der Waals surface area contributed by atoms with Crippen LogP contribution in [0.5, 0.6) is 0 Å². The summed E-state index contributed by atoms with van der Waals surface area (Å²) in [4.78, 5) is 29.2. The fourth-order valence-corrected chi connectivity index (χ4v) is 3.84. The van der Waals surface area contributed by atoms with Gasteiger partial charge in [-0.3, -0.25) is 9.59 Å². The Hall–Kier alpha value is -2.62. The van der Waals surface area contributed by atoms with Gasteiger partial charge in [0.15, 0.2) is 0 Å². The van der Waals surface area contributed by atoms with E-state index < -0.39 is 0 Å². The maximum absolute atomic E-state index is 13.1. The lowest BCUT2D eigenvalue weighted by atomic mass is 10.1. The molecule has 28 heavy (non-hydrogen) atoms. The summed E-state index contributed by atoms with van der Waals surface area (Å²) in [6.07, 6.45) is 5.85. The van der Waals surface area contributed by atoms with E-state index in [0.29, 0.717) is 13.0 Å². The van der Waals surface area contributed by atoms with Crippen LogP contribution < -0.4 is 4.90 Å². The number of benzene rings is 2. The van der Waals surface area contributed by atoms with Gasteiger partial charge in [0, 0.05) is 32.2 Å². The van der Waals surface area contributed by atoms with Gasteiger partial charge in [-0.25, -0.2) is 0 Å². The van der Waals surface area contributed by atoms with Crippen molar-refractivity contribution in [2.24, 2.45) is 0 Å². The number of hydrogen-bond acceptors (Lipinski definition) is 2. The van der Waals surface area contributed by atoms with Crippen molar-refractivity contribution in [1.82, 2.24) is 4.90 Å². The quantitative estimate of drug-likeness (QED) is 0.768. The van der Waals surface area contributed by atoms with Crippen LogP contribution in [0.2, 0.25) is 0 Å². The molecule has 4 heteroatoms. The van der Waals surface area contributed by atoms with Crippen molar-refractivity contribution in [3.63, 3.8) is 0 Å². The van der Waals surface area contributed by atoms with Gasteiger partial charge in [0.2, 0.25) is 11.8 Å². The fraction of sp³-hybridized carbons (Fsp3) is 0.417. The molecular weight excluding hydrogens is 348 g/mol. The molecule has 0 saturated carbocycles. The third kappa shape index (κ3) is 5.44. The number of nitrogens with zero attached hydrogens (tertiary/aromatic N) is 2. The number of carbonyl (C=O) groups is 2. The summed E-state index contributed by atoms with van der Waals surface area (Å²) in [7, 11) is 0. The molecule has 0 radical (unpaired) electrons. The maximum Gasteiger partial charge on any atom is 0.227 e. The third-order valence-electron chi connectivity index (χ3n) is 5.38. The maximum atomic E-state index is 13.1. The lowest BCUT2D eigenvalue weighted by Crippen LogP contribution is -2.35. The van der Waals surface area contributed by atoms with Gasteiger partial charge in [-0.05, 0) is 30.0 Å². The molecule has 1 aliphatic rings. The first kappa shape index (κ1) is 20.1. The first-order chi connectivity index (χ1) is 13.6. The zero-order chi connectivity index (χ0) is 19.8. The molecule has 0 fully saturated rings. The standard InChI is InChI=1S/C24H30N2O2/c1-20(27)26-17-11-4-2-3-10-16-25(19-22-14-8-9-15-23(22)26)24(28)18-21-12-6-5-7-13-21/h5-9,12-15H,2-4,10-11,16-19H2,1H3. The molecule has 0 aromatic heterocycles. The smallest absolute Gasteiger partial charge is 0.227 e. The van der Waals surface area contributed by atoms with Gasteiger partial charge < -0.3 is 9.80 Å². The van der Waals surface area contributed by atoms with Crippen molar-refractivity contribution in [3.8, 4) is 0 Å². The number of amides is 2. The van der Waals surface area contributed by atoms with E-state index in [-0.39, 0.29) is 11.8 Å². The molecule has 0 N–H and O–H groups in total. The van der Waals surface area contributed by atoms with Crippen LogP contribution in [0, 0.1) is 0 Å². The Kier molecular flexibility index (Phi) is 7.24. The predicted molar refractivity (Wildman–Crippen MR) is 113 cm³/mol. The molecular formula is C24H30N2O2. The Labute approximate surface area is 168 Å². The van der Waals surface area contributed by atoms with E-state index >= 15 is 0 Å². The largest absolute Gasteiger partial charge is 0.338 e. The molecule has 0 aliphatic carbocycles. The first-order valence-corrected chi connectivity index (χ1v) is 10.3. The fourth-order valence-electron chi connectivity index (χ4n) is 3.84.